The Hall–Kier alpha value is -2.21. The molecule has 1 saturated heterocycles. The molecule has 2 aromatic carbocycles. The van der Waals surface area contributed by atoms with Crippen LogP contribution < -0.4 is 4.74 Å². The van der Waals surface area contributed by atoms with Crippen molar-refractivity contribution in [3.8, 4) is 5.75 Å². The van der Waals surface area contributed by atoms with Crippen molar-refractivity contribution in [2.24, 2.45) is 11.8 Å². The highest BCUT2D eigenvalue weighted by Gasteiger charge is 2.49. The van der Waals surface area contributed by atoms with Gasteiger partial charge in [0.2, 0.25) is 0 Å². The molecule has 5 nitrogen and oxygen atoms in total. The third-order valence-corrected chi connectivity index (χ3v) is 5.61. The van der Waals surface area contributed by atoms with Crippen molar-refractivity contribution in [1.29, 1.82) is 0 Å². The standard InChI is InChI=1S/C23H26O5/c1-25-18-9-7-17(8-10-18)14-27-23-11-19-20(21(24)12-22(19)28-23)15-26-13-16-5-3-2-4-6-16/h2-10,19-20,22-23H,11-15H2,1H3/t19-,20+,22+,23?/m1/s1. The van der Waals surface area contributed by atoms with Crippen molar-refractivity contribution in [2.45, 2.75) is 38.4 Å². The fourth-order valence-corrected chi connectivity index (χ4v) is 4.05. The summed E-state index contributed by atoms with van der Waals surface area (Å²) in [6, 6.07) is 17.8. The molecule has 0 bridgehead atoms. The number of hydrogen-bond acceptors (Lipinski definition) is 5. The molecule has 0 amide bonds. The van der Waals surface area contributed by atoms with Crippen LogP contribution in [0.2, 0.25) is 0 Å². The minimum Gasteiger partial charge on any atom is -0.497 e. The van der Waals surface area contributed by atoms with E-state index in [2.05, 4.69) is 0 Å². The first-order valence-electron chi connectivity index (χ1n) is 9.77. The van der Waals surface area contributed by atoms with E-state index in [0.717, 1.165) is 23.3 Å². The van der Waals surface area contributed by atoms with Gasteiger partial charge in [-0.15, -0.1) is 0 Å². The summed E-state index contributed by atoms with van der Waals surface area (Å²) in [4.78, 5) is 12.4. The topological polar surface area (TPSA) is 54.0 Å². The number of benzene rings is 2. The van der Waals surface area contributed by atoms with Crippen molar-refractivity contribution in [3.63, 3.8) is 0 Å². The first-order valence-corrected chi connectivity index (χ1v) is 9.77. The van der Waals surface area contributed by atoms with Gasteiger partial charge in [0.25, 0.3) is 0 Å². The van der Waals surface area contributed by atoms with E-state index in [1.54, 1.807) is 7.11 Å². The highest BCUT2D eigenvalue weighted by Crippen LogP contribution is 2.42. The lowest BCUT2D eigenvalue weighted by Gasteiger charge is -2.17. The van der Waals surface area contributed by atoms with Crippen LogP contribution in [0.15, 0.2) is 54.6 Å². The maximum Gasteiger partial charge on any atom is 0.158 e. The third-order valence-electron chi connectivity index (χ3n) is 5.61. The molecule has 148 valence electrons. The lowest BCUT2D eigenvalue weighted by Crippen LogP contribution is -2.23. The molecule has 2 aliphatic rings. The largest absolute Gasteiger partial charge is 0.497 e. The first-order chi connectivity index (χ1) is 13.7. The predicted octanol–water partition coefficient (Wildman–Crippen LogP) is 3.75. The van der Waals surface area contributed by atoms with Crippen LogP contribution in [0.4, 0.5) is 0 Å². The lowest BCUT2D eigenvalue weighted by molar-refractivity contribution is -0.144. The molecule has 0 N–H and O–H groups in total. The average Bonchev–Trinajstić information content (AvgIpc) is 3.25. The number of ether oxygens (including phenoxy) is 4. The number of Topliss-reactive ketones (excluding diaryl/α,β-unsaturated/α-hetero) is 1. The first kappa shape index (κ1) is 19.1. The Kier molecular flexibility index (Phi) is 6.05. The van der Waals surface area contributed by atoms with Crippen LogP contribution in [-0.2, 0) is 32.2 Å². The van der Waals surface area contributed by atoms with Gasteiger partial charge in [-0.05, 0) is 23.3 Å². The SMILES string of the molecule is COc1ccc(COC2C[C@H]3[C@H](CC(=O)[C@H]3COCc3ccccc3)O2)cc1. The number of fused-ring (bicyclic) bond motifs is 1. The zero-order valence-electron chi connectivity index (χ0n) is 16.1. The van der Waals surface area contributed by atoms with Crippen molar-refractivity contribution in [2.75, 3.05) is 13.7 Å². The zero-order chi connectivity index (χ0) is 19.3. The molecular weight excluding hydrogens is 356 g/mol. The van der Waals surface area contributed by atoms with Gasteiger partial charge in [0.05, 0.1) is 33.0 Å². The van der Waals surface area contributed by atoms with Crippen LogP contribution in [0, 0.1) is 11.8 Å². The van der Waals surface area contributed by atoms with E-state index in [4.69, 9.17) is 18.9 Å². The molecule has 1 heterocycles. The van der Waals surface area contributed by atoms with Crippen molar-refractivity contribution < 1.29 is 23.7 Å². The smallest absolute Gasteiger partial charge is 0.158 e. The Labute approximate surface area is 165 Å². The molecule has 2 fully saturated rings. The van der Waals surface area contributed by atoms with Gasteiger partial charge in [-0.1, -0.05) is 42.5 Å². The summed E-state index contributed by atoms with van der Waals surface area (Å²) in [5.41, 5.74) is 2.19. The van der Waals surface area contributed by atoms with Crippen molar-refractivity contribution in [3.05, 3.63) is 65.7 Å². The van der Waals surface area contributed by atoms with Crippen LogP contribution >= 0.6 is 0 Å². The van der Waals surface area contributed by atoms with Gasteiger partial charge in [0, 0.05) is 24.7 Å². The molecule has 0 radical (unpaired) electrons. The van der Waals surface area contributed by atoms with Crippen molar-refractivity contribution in [1.82, 2.24) is 0 Å². The van der Waals surface area contributed by atoms with Gasteiger partial charge in [0.15, 0.2) is 6.29 Å². The zero-order valence-corrected chi connectivity index (χ0v) is 16.1. The number of carbonyl (C=O) groups is 1. The molecule has 0 aromatic heterocycles. The minimum atomic E-state index is -0.262. The van der Waals surface area contributed by atoms with E-state index in [0.29, 0.717) is 26.2 Å². The summed E-state index contributed by atoms with van der Waals surface area (Å²) >= 11 is 0. The Morgan fingerprint density at radius 2 is 1.75 bits per heavy atom. The molecule has 5 heteroatoms. The Morgan fingerprint density at radius 3 is 2.50 bits per heavy atom. The van der Waals surface area contributed by atoms with Gasteiger partial charge >= 0.3 is 0 Å². The monoisotopic (exact) mass is 382 g/mol. The normalized spacial score (nSPS) is 26.4. The second-order valence-electron chi connectivity index (χ2n) is 7.44. The lowest BCUT2D eigenvalue weighted by atomic mass is 9.93. The Balaban J connectivity index is 1.26. The highest BCUT2D eigenvalue weighted by molar-refractivity contribution is 5.84. The van der Waals surface area contributed by atoms with E-state index >= 15 is 0 Å². The number of ketones is 1. The molecule has 2 aromatic rings. The summed E-state index contributed by atoms with van der Waals surface area (Å²) in [6.45, 7) is 1.46. The van der Waals surface area contributed by atoms with E-state index < -0.39 is 0 Å². The van der Waals surface area contributed by atoms with Crippen LogP contribution in [0.3, 0.4) is 0 Å². The van der Waals surface area contributed by atoms with Gasteiger partial charge in [-0.3, -0.25) is 4.79 Å². The third kappa shape index (κ3) is 4.43. The maximum absolute atomic E-state index is 12.4. The van der Waals surface area contributed by atoms with Gasteiger partial charge in [-0.2, -0.15) is 0 Å². The molecule has 0 spiro atoms. The van der Waals surface area contributed by atoms with E-state index in [1.165, 1.54) is 0 Å². The summed E-state index contributed by atoms with van der Waals surface area (Å²) < 4.78 is 22.9. The maximum atomic E-state index is 12.4. The summed E-state index contributed by atoms with van der Waals surface area (Å²) in [5, 5.41) is 0. The number of carbonyl (C=O) groups excluding carboxylic acids is 1. The summed E-state index contributed by atoms with van der Waals surface area (Å²) in [7, 11) is 1.65. The van der Waals surface area contributed by atoms with Crippen LogP contribution in [0.25, 0.3) is 0 Å². The quantitative estimate of drug-likeness (QED) is 0.696. The van der Waals surface area contributed by atoms with Gasteiger partial charge in [-0.25, -0.2) is 0 Å². The average molecular weight is 382 g/mol. The fraction of sp³-hybridized carbons (Fsp3) is 0.435. The molecule has 4 rings (SSSR count). The Bertz CT molecular complexity index is 773. The summed E-state index contributed by atoms with van der Waals surface area (Å²) in [5.74, 6) is 1.16. The van der Waals surface area contributed by atoms with Gasteiger partial charge in [0.1, 0.15) is 11.5 Å². The number of hydrogen-bond donors (Lipinski definition) is 0. The molecule has 1 unspecified atom stereocenters. The molecule has 28 heavy (non-hydrogen) atoms. The second kappa shape index (κ2) is 8.86. The van der Waals surface area contributed by atoms with E-state index in [-0.39, 0.29) is 30.0 Å². The van der Waals surface area contributed by atoms with E-state index in [1.807, 2.05) is 54.6 Å². The Morgan fingerprint density at radius 1 is 1.00 bits per heavy atom. The molecule has 1 aliphatic heterocycles. The minimum absolute atomic E-state index is 0.0429. The predicted molar refractivity (Wildman–Crippen MR) is 104 cm³/mol. The highest BCUT2D eigenvalue weighted by atomic mass is 16.7. The second-order valence-corrected chi connectivity index (χ2v) is 7.44. The van der Waals surface area contributed by atoms with Crippen LogP contribution in [0.1, 0.15) is 24.0 Å². The summed E-state index contributed by atoms with van der Waals surface area (Å²) in [6.07, 6.45) is 0.902. The van der Waals surface area contributed by atoms with Crippen LogP contribution in [0.5, 0.6) is 5.75 Å². The van der Waals surface area contributed by atoms with Crippen LogP contribution in [-0.4, -0.2) is 31.9 Å². The number of rotatable bonds is 8. The van der Waals surface area contributed by atoms with Gasteiger partial charge < -0.3 is 18.9 Å². The number of methoxy groups -OCH3 is 1. The van der Waals surface area contributed by atoms with E-state index in [9.17, 15) is 4.79 Å². The molecule has 1 aliphatic carbocycles. The fourth-order valence-electron chi connectivity index (χ4n) is 4.05. The van der Waals surface area contributed by atoms with Crippen molar-refractivity contribution >= 4 is 5.78 Å². The molecular formula is C23H26O5. The molecule has 1 saturated carbocycles. The molecule has 4 atom stereocenters.